The Morgan fingerprint density at radius 2 is 2.05 bits per heavy atom. The number of aryl methyl sites for hydroxylation is 1. The third-order valence-electron chi connectivity index (χ3n) is 3.53. The van der Waals surface area contributed by atoms with E-state index in [2.05, 4.69) is 22.2 Å². The summed E-state index contributed by atoms with van der Waals surface area (Å²) in [6, 6.07) is 0. The normalized spacial score (nSPS) is 21.5. The van der Waals surface area contributed by atoms with Crippen molar-refractivity contribution in [2.45, 2.75) is 39.5 Å². The molecule has 2 heterocycles. The summed E-state index contributed by atoms with van der Waals surface area (Å²) in [5, 5.41) is 3.25. The van der Waals surface area contributed by atoms with Crippen molar-refractivity contribution in [3.05, 3.63) is 17.1 Å². The third kappa shape index (κ3) is 3.05. The van der Waals surface area contributed by atoms with Gasteiger partial charge in [-0.2, -0.15) is 0 Å². The molecule has 19 heavy (non-hydrogen) atoms. The number of nitrogens with one attached hydrogen (secondary N) is 1. The SMILES string of the molecule is CCNc1nc(C2CCS(=O)(=O)C2)nc(C)c1CC. The van der Waals surface area contributed by atoms with E-state index >= 15 is 0 Å². The van der Waals surface area contributed by atoms with Crippen LogP contribution in [0.25, 0.3) is 0 Å². The van der Waals surface area contributed by atoms with Crippen molar-refractivity contribution >= 4 is 15.7 Å². The van der Waals surface area contributed by atoms with Gasteiger partial charge in [0.15, 0.2) is 9.84 Å². The molecule has 0 aliphatic carbocycles. The predicted molar refractivity (Wildman–Crippen MR) is 76.3 cm³/mol. The summed E-state index contributed by atoms with van der Waals surface area (Å²) in [5.41, 5.74) is 2.07. The Labute approximate surface area is 114 Å². The second-order valence-electron chi connectivity index (χ2n) is 4.98. The molecular formula is C13H21N3O2S. The first-order valence-electron chi connectivity index (χ1n) is 6.78. The van der Waals surface area contributed by atoms with Gasteiger partial charge in [0.2, 0.25) is 0 Å². The van der Waals surface area contributed by atoms with Crippen molar-refractivity contribution in [1.82, 2.24) is 9.97 Å². The highest BCUT2D eigenvalue weighted by atomic mass is 32.2. The van der Waals surface area contributed by atoms with E-state index in [-0.39, 0.29) is 17.4 Å². The largest absolute Gasteiger partial charge is 0.370 e. The predicted octanol–water partition coefficient (Wildman–Crippen LogP) is 1.68. The minimum absolute atomic E-state index is 0.0491. The van der Waals surface area contributed by atoms with Gasteiger partial charge in [-0.1, -0.05) is 6.92 Å². The lowest BCUT2D eigenvalue weighted by atomic mass is 10.1. The molecule has 1 fully saturated rings. The standard InChI is InChI=1S/C13H21N3O2S/c1-4-11-9(3)15-12(16-13(11)14-5-2)10-6-7-19(17,18)8-10/h10H,4-8H2,1-3H3,(H,14,15,16). The number of rotatable bonds is 4. The molecule has 0 bridgehead atoms. The summed E-state index contributed by atoms with van der Waals surface area (Å²) < 4.78 is 23.1. The minimum Gasteiger partial charge on any atom is -0.370 e. The molecule has 0 amide bonds. The lowest BCUT2D eigenvalue weighted by Crippen LogP contribution is -2.13. The second kappa shape index (κ2) is 5.45. The van der Waals surface area contributed by atoms with Gasteiger partial charge in [0.1, 0.15) is 11.6 Å². The molecule has 1 aliphatic heterocycles. The molecule has 1 aromatic rings. The van der Waals surface area contributed by atoms with Crippen molar-refractivity contribution < 1.29 is 8.42 Å². The molecule has 0 aromatic carbocycles. The van der Waals surface area contributed by atoms with Crippen LogP contribution in [0.1, 0.15) is 43.3 Å². The summed E-state index contributed by atoms with van der Waals surface area (Å²) in [7, 11) is -2.90. The van der Waals surface area contributed by atoms with E-state index in [1.807, 2.05) is 13.8 Å². The van der Waals surface area contributed by atoms with Gasteiger partial charge >= 0.3 is 0 Å². The first-order valence-corrected chi connectivity index (χ1v) is 8.60. The van der Waals surface area contributed by atoms with Crippen LogP contribution in [0.4, 0.5) is 5.82 Å². The van der Waals surface area contributed by atoms with E-state index in [1.54, 1.807) is 0 Å². The third-order valence-corrected chi connectivity index (χ3v) is 5.29. The van der Waals surface area contributed by atoms with Crippen molar-refractivity contribution in [2.24, 2.45) is 0 Å². The molecule has 0 spiro atoms. The lowest BCUT2D eigenvalue weighted by molar-refractivity contribution is 0.601. The fraction of sp³-hybridized carbons (Fsp3) is 0.692. The van der Waals surface area contributed by atoms with Crippen LogP contribution in [0.15, 0.2) is 0 Å². The van der Waals surface area contributed by atoms with Crippen molar-refractivity contribution in [3.63, 3.8) is 0 Å². The first-order chi connectivity index (χ1) is 8.96. The van der Waals surface area contributed by atoms with Crippen LogP contribution >= 0.6 is 0 Å². The van der Waals surface area contributed by atoms with Gasteiger partial charge in [0.25, 0.3) is 0 Å². The maximum atomic E-state index is 11.6. The highest BCUT2D eigenvalue weighted by Crippen LogP contribution is 2.28. The molecule has 0 radical (unpaired) electrons. The summed E-state index contributed by atoms with van der Waals surface area (Å²) in [6.45, 7) is 6.86. The Kier molecular flexibility index (Phi) is 4.08. The van der Waals surface area contributed by atoms with E-state index in [1.165, 1.54) is 0 Å². The van der Waals surface area contributed by atoms with E-state index in [0.717, 1.165) is 30.0 Å². The number of hydrogen-bond donors (Lipinski definition) is 1. The Bertz CT molecular complexity index is 569. The molecule has 0 saturated carbocycles. The highest BCUT2D eigenvalue weighted by molar-refractivity contribution is 7.91. The molecule has 1 N–H and O–H groups in total. The lowest BCUT2D eigenvalue weighted by Gasteiger charge is -2.15. The monoisotopic (exact) mass is 283 g/mol. The van der Waals surface area contributed by atoms with Crippen LogP contribution in [0, 0.1) is 6.92 Å². The molecule has 2 rings (SSSR count). The zero-order valence-corrected chi connectivity index (χ0v) is 12.5. The average Bonchev–Trinajstić information content (AvgIpc) is 2.70. The van der Waals surface area contributed by atoms with E-state index in [0.29, 0.717) is 12.2 Å². The second-order valence-corrected chi connectivity index (χ2v) is 7.21. The average molecular weight is 283 g/mol. The van der Waals surface area contributed by atoms with Gasteiger partial charge in [-0.25, -0.2) is 18.4 Å². The molecule has 1 atom stereocenters. The molecule has 6 heteroatoms. The molecule has 1 unspecified atom stereocenters. The van der Waals surface area contributed by atoms with Crippen LogP contribution in [-0.2, 0) is 16.3 Å². The first kappa shape index (κ1) is 14.2. The van der Waals surface area contributed by atoms with Gasteiger partial charge < -0.3 is 5.32 Å². The molecule has 1 aromatic heterocycles. The van der Waals surface area contributed by atoms with Gasteiger partial charge in [-0.05, 0) is 26.7 Å². The summed E-state index contributed by atoms with van der Waals surface area (Å²) >= 11 is 0. The zero-order valence-electron chi connectivity index (χ0n) is 11.7. The number of nitrogens with zero attached hydrogens (tertiary/aromatic N) is 2. The highest BCUT2D eigenvalue weighted by Gasteiger charge is 2.31. The van der Waals surface area contributed by atoms with Gasteiger partial charge in [-0.3, -0.25) is 0 Å². The van der Waals surface area contributed by atoms with Crippen LogP contribution in [-0.4, -0.2) is 36.4 Å². The van der Waals surface area contributed by atoms with Crippen molar-refractivity contribution in [2.75, 3.05) is 23.4 Å². The smallest absolute Gasteiger partial charge is 0.151 e. The molecular weight excluding hydrogens is 262 g/mol. The quantitative estimate of drug-likeness (QED) is 0.910. The van der Waals surface area contributed by atoms with Crippen LogP contribution in [0.3, 0.4) is 0 Å². The van der Waals surface area contributed by atoms with Crippen LogP contribution in [0.5, 0.6) is 0 Å². The Hall–Kier alpha value is -1.17. The summed E-state index contributed by atoms with van der Waals surface area (Å²) in [5.74, 6) is 1.92. The summed E-state index contributed by atoms with van der Waals surface area (Å²) in [6.07, 6.45) is 1.51. The Morgan fingerprint density at radius 1 is 1.32 bits per heavy atom. The number of anilines is 1. The molecule has 5 nitrogen and oxygen atoms in total. The van der Waals surface area contributed by atoms with Crippen LogP contribution < -0.4 is 5.32 Å². The van der Waals surface area contributed by atoms with Crippen molar-refractivity contribution in [3.8, 4) is 0 Å². The van der Waals surface area contributed by atoms with Gasteiger partial charge in [-0.15, -0.1) is 0 Å². The summed E-state index contributed by atoms with van der Waals surface area (Å²) in [4.78, 5) is 9.07. The van der Waals surface area contributed by atoms with E-state index < -0.39 is 9.84 Å². The molecule has 1 saturated heterocycles. The number of hydrogen-bond acceptors (Lipinski definition) is 5. The zero-order chi connectivity index (χ0) is 14.0. The van der Waals surface area contributed by atoms with E-state index in [9.17, 15) is 8.42 Å². The molecule has 1 aliphatic rings. The van der Waals surface area contributed by atoms with Gasteiger partial charge in [0, 0.05) is 23.7 Å². The fourth-order valence-corrected chi connectivity index (χ4v) is 4.27. The maximum Gasteiger partial charge on any atom is 0.151 e. The molecule has 106 valence electrons. The number of aromatic nitrogens is 2. The number of sulfone groups is 1. The van der Waals surface area contributed by atoms with Gasteiger partial charge in [0.05, 0.1) is 11.5 Å². The minimum atomic E-state index is -2.90. The van der Waals surface area contributed by atoms with E-state index in [4.69, 9.17) is 0 Å². The Balaban J connectivity index is 2.37. The van der Waals surface area contributed by atoms with Crippen molar-refractivity contribution in [1.29, 1.82) is 0 Å². The van der Waals surface area contributed by atoms with Crippen LogP contribution in [0.2, 0.25) is 0 Å². The fourth-order valence-electron chi connectivity index (χ4n) is 2.54. The topological polar surface area (TPSA) is 72.0 Å². The Morgan fingerprint density at radius 3 is 2.58 bits per heavy atom. The maximum absolute atomic E-state index is 11.6.